The first-order valence-electron chi connectivity index (χ1n) is 4.93. The molecule has 76 valence electrons. The maximum Gasteiger partial charge on any atom is 0.150 e. The summed E-state index contributed by atoms with van der Waals surface area (Å²) >= 11 is 0. The Balaban J connectivity index is 2.03. The molecule has 4 heteroatoms. The molecule has 0 aromatic heterocycles. The largest absolute Gasteiger partial charge is 0.319 e. The van der Waals surface area contributed by atoms with Crippen LogP contribution in [0.5, 0.6) is 0 Å². The molecule has 2 aliphatic rings. The van der Waals surface area contributed by atoms with Crippen molar-refractivity contribution >= 4 is 9.84 Å². The first-order chi connectivity index (χ1) is 6.08. The second-order valence-corrected chi connectivity index (χ2v) is 6.72. The van der Waals surface area contributed by atoms with Crippen molar-refractivity contribution in [1.82, 2.24) is 5.32 Å². The molecule has 0 spiro atoms. The van der Waals surface area contributed by atoms with Gasteiger partial charge in [-0.1, -0.05) is 0 Å². The Morgan fingerprint density at radius 3 is 2.54 bits per heavy atom. The van der Waals surface area contributed by atoms with Crippen LogP contribution in [0.3, 0.4) is 0 Å². The fourth-order valence-electron chi connectivity index (χ4n) is 2.52. The highest BCUT2D eigenvalue weighted by Gasteiger charge is 2.51. The predicted molar refractivity (Wildman–Crippen MR) is 52.4 cm³/mol. The highest BCUT2D eigenvalue weighted by Crippen LogP contribution is 2.54. The second-order valence-electron chi connectivity index (χ2n) is 4.49. The molecule has 1 unspecified atom stereocenters. The lowest BCUT2D eigenvalue weighted by atomic mass is 9.88. The van der Waals surface area contributed by atoms with Crippen LogP contribution in [0.1, 0.15) is 19.3 Å². The minimum absolute atomic E-state index is 0.346. The van der Waals surface area contributed by atoms with Gasteiger partial charge in [0.25, 0.3) is 0 Å². The zero-order valence-electron chi connectivity index (χ0n) is 8.04. The summed E-state index contributed by atoms with van der Waals surface area (Å²) in [6.45, 7) is 0.993. The summed E-state index contributed by atoms with van der Waals surface area (Å²) in [5.74, 6) is 1.29. The molecule has 1 N–H and O–H groups in total. The van der Waals surface area contributed by atoms with E-state index in [0.717, 1.165) is 13.0 Å². The SMILES string of the molecule is CNCC1(C2CCS(=O)(=O)C2)CC1. The summed E-state index contributed by atoms with van der Waals surface area (Å²) in [6.07, 6.45) is 3.33. The quantitative estimate of drug-likeness (QED) is 0.723. The molecule has 0 bridgehead atoms. The van der Waals surface area contributed by atoms with Gasteiger partial charge >= 0.3 is 0 Å². The van der Waals surface area contributed by atoms with Crippen LogP contribution in [-0.2, 0) is 9.84 Å². The van der Waals surface area contributed by atoms with Crippen molar-refractivity contribution in [1.29, 1.82) is 0 Å². The van der Waals surface area contributed by atoms with E-state index in [0.29, 0.717) is 22.8 Å². The summed E-state index contributed by atoms with van der Waals surface area (Å²) in [4.78, 5) is 0. The summed E-state index contributed by atoms with van der Waals surface area (Å²) < 4.78 is 22.6. The molecule has 0 aromatic rings. The zero-order chi connectivity index (χ0) is 9.53. The molecule has 1 aliphatic heterocycles. The zero-order valence-corrected chi connectivity index (χ0v) is 8.86. The topological polar surface area (TPSA) is 46.2 Å². The Hall–Kier alpha value is -0.0900. The lowest BCUT2D eigenvalue weighted by Gasteiger charge is -2.20. The van der Waals surface area contributed by atoms with Crippen molar-refractivity contribution in [2.45, 2.75) is 19.3 Å². The first-order valence-corrected chi connectivity index (χ1v) is 6.75. The van der Waals surface area contributed by atoms with Crippen LogP contribution in [0.4, 0.5) is 0 Å². The molecule has 0 amide bonds. The van der Waals surface area contributed by atoms with Gasteiger partial charge in [0.05, 0.1) is 11.5 Å². The standard InChI is InChI=1S/C9H17NO2S/c1-10-7-9(3-4-9)8-2-5-13(11,12)6-8/h8,10H,2-7H2,1H3. The van der Waals surface area contributed by atoms with E-state index in [1.807, 2.05) is 7.05 Å². The number of nitrogens with one attached hydrogen (secondary N) is 1. The third-order valence-electron chi connectivity index (χ3n) is 3.52. The highest BCUT2D eigenvalue weighted by molar-refractivity contribution is 7.91. The average Bonchev–Trinajstić information content (AvgIpc) is 2.72. The van der Waals surface area contributed by atoms with Crippen molar-refractivity contribution in [2.75, 3.05) is 25.1 Å². The summed E-state index contributed by atoms with van der Waals surface area (Å²) in [7, 11) is -0.737. The van der Waals surface area contributed by atoms with Crippen molar-refractivity contribution in [2.24, 2.45) is 11.3 Å². The minimum Gasteiger partial charge on any atom is -0.319 e. The van der Waals surface area contributed by atoms with E-state index in [4.69, 9.17) is 0 Å². The van der Waals surface area contributed by atoms with Gasteiger partial charge in [-0.05, 0) is 37.6 Å². The maximum atomic E-state index is 11.3. The van der Waals surface area contributed by atoms with Crippen molar-refractivity contribution in [3.8, 4) is 0 Å². The first kappa shape index (κ1) is 9.46. The fraction of sp³-hybridized carbons (Fsp3) is 1.00. The van der Waals surface area contributed by atoms with Crippen LogP contribution >= 0.6 is 0 Å². The molecule has 2 rings (SSSR count). The van der Waals surface area contributed by atoms with Gasteiger partial charge in [0, 0.05) is 6.54 Å². The minimum atomic E-state index is -2.68. The maximum absolute atomic E-state index is 11.3. The molecule has 3 nitrogen and oxygen atoms in total. The Morgan fingerprint density at radius 2 is 2.15 bits per heavy atom. The Labute approximate surface area is 79.8 Å². The average molecular weight is 203 g/mol. The molecule has 0 aromatic carbocycles. The van der Waals surface area contributed by atoms with E-state index in [1.54, 1.807) is 0 Å². The molecule has 1 saturated carbocycles. The van der Waals surface area contributed by atoms with Gasteiger partial charge in [-0.2, -0.15) is 0 Å². The van der Waals surface area contributed by atoms with E-state index in [9.17, 15) is 8.42 Å². The molecule has 13 heavy (non-hydrogen) atoms. The monoisotopic (exact) mass is 203 g/mol. The van der Waals surface area contributed by atoms with Crippen LogP contribution in [-0.4, -0.2) is 33.5 Å². The molecule has 0 radical (unpaired) electrons. The van der Waals surface area contributed by atoms with Gasteiger partial charge in [0.1, 0.15) is 0 Å². The third kappa shape index (κ3) is 1.74. The molecule has 2 fully saturated rings. The summed E-state index contributed by atoms with van der Waals surface area (Å²) in [5, 5.41) is 3.18. The molecule has 1 saturated heterocycles. The second kappa shape index (κ2) is 2.95. The van der Waals surface area contributed by atoms with Crippen LogP contribution in [0, 0.1) is 11.3 Å². The number of sulfone groups is 1. The van der Waals surface area contributed by atoms with Crippen LogP contribution in [0.15, 0.2) is 0 Å². The van der Waals surface area contributed by atoms with Crippen molar-refractivity contribution in [3.05, 3.63) is 0 Å². The van der Waals surface area contributed by atoms with E-state index >= 15 is 0 Å². The molecular formula is C9H17NO2S. The van der Waals surface area contributed by atoms with Gasteiger partial charge < -0.3 is 5.32 Å². The molecule has 1 aliphatic carbocycles. The normalized spacial score (nSPS) is 34.7. The lowest BCUT2D eigenvalue weighted by Crippen LogP contribution is -2.28. The fourth-order valence-corrected chi connectivity index (χ4v) is 4.46. The number of rotatable bonds is 3. The Bertz CT molecular complexity index is 293. The lowest BCUT2D eigenvalue weighted by molar-refractivity contribution is 0.329. The van der Waals surface area contributed by atoms with Crippen molar-refractivity contribution < 1.29 is 8.42 Å². The smallest absolute Gasteiger partial charge is 0.150 e. The summed E-state index contributed by atoms with van der Waals surface area (Å²) in [6, 6.07) is 0. The van der Waals surface area contributed by atoms with Gasteiger partial charge in [-0.3, -0.25) is 0 Å². The molecule has 1 heterocycles. The third-order valence-corrected chi connectivity index (χ3v) is 5.29. The van der Waals surface area contributed by atoms with E-state index in [2.05, 4.69) is 5.32 Å². The van der Waals surface area contributed by atoms with Gasteiger partial charge in [-0.15, -0.1) is 0 Å². The Kier molecular flexibility index (Phi) is 2.15. The summed E-state index contributed by atoms with van der Waals surface area (Å²) in [5.41, 5.74) is 0.346. The highest BCUT2D eigenvalue weighted by atomic mass is 32.2. The van der Waals surface area contributed by atoms with Crippen molar-refractivity contribution in [3.63, 3.8) is 0 Å². The van der Waals surface area contributed by atoms with Crippen LogP contribution < -0.4 is 5.32 Å². The van der Waals surface area contributed by atoms with Crippen LogP contribution in [0.25, 0.3) is 0 Å². The van der Waals surface area contributed by atoms with Gasteiger partial charge in [0.2, 0.25) is 0 Å². The van der Waals surface area contributed by atoms with Gasteiger partial charge in [-0.25, -0.2) is 8.42 Å². The molecule has 1 atom stereocenters. The predicted octanol–water partition coefficient (Wildman–Crippen LogP) is 0.421. The Morgan fingerprint density at radius 1 is 1.46 bits per heavy atom. The number of hydrogen-bond acceptors (Lipinski definition) is 3. The van der Waals surface area contributed by atoms with Gasteiger partial charge in [0.15, 0.2) is 9.84 Å². The number of hydrogen-bond donors (Lipinski definition) is 1. The van der Waals surface area contributed by atoms with Crippen LogP contribution in [0.2, 0.25) is 0 Å². The molecular weight excluding hydrogens is 186 g/mol. The van der Waals surface area contributed by atoms with E-state index in [1.165, 1.54) is 12.8 Å². The van der Waals surface area contributed by atoms with E-state index in [-0.39, 0.29) is 0 Å². The van der Waals surface area contributed by atoms with E-state index < -0.39 is 9.84 Å².